The second-order valence-corrected chi connectivity index (χ2v) is 8.44. The van der Waals surface area contributed by atoms with E-state index in [0.717, 1.165) is 12.4 Å². The van der Waals surface area contributed by atoms with Crippen molar-refractivity contribution < 1.29 is 0 Å². The molecule has 2 N–H and O–H groups in total. The number of likely N-dealkylation sites (N-methyl/N-ethyl adjacent to an activating group) is 1. The Bertz CT molecular complexity index is 678. The molecule has 1 fully saturated rings. The summed E-state index contributed by atoms with van der Waals surface area (Å²) in [5, 5.41) is 5.81. The van der Waals surface area contributed by atoms with Gasteiger partial charge >= 0.3 is 0 Å². The molecule has 1 unspecified atom stereocenters. The number of likely N-dealkylation sites (tertiary alicyclic amines) is 1. The summed E-state index contributed by atoms with van der Waals surface area (Å²) in [5.74, 6) is 0.896. The van der Waals surface area contributed by atoms with Gasteiger partial charge in [0.2, 0.25) is 0 Å². The van der Waals surface area contributed by atoms with Gasteiger partial charge < -0.3 is 10.0 Å². The Kier molecular flexibility index (Phi) is 5.60. The maximum Gasteiger partial charge on any atom is 0.106 e. The molecule has 0 spiro atoms. The van der Waals surface area contributed by atoms with Crippen molar-refractivity contribution in [3.63, 3.8) is 0 Å². The number of hydrogen-bond donors (Lipinski definition) is 2. The van der Waals surface area contributed by atoms with Gasteiger partial charge in [-0.15, -0.1) is 0 Å². The standard InChI is InChI=1S/C22H31N3S/c1-3-25-13-6-9-19(25)12-14-26-24-16(2)23-22-20-10-4-7-17(20)15-18-8-5-11-21(18)22/h12,14-15,19,23-24H,2-11,13H2,1H3/b14-12+. The van der Waals surface area contributed by atoms with Crippen molar-refractivity contribution in [2.45, 2.75) is 64.3 Å². The van der Waals surface area contributed by atoms with Gasteiger partial charge in [0.25, 0.3) is 0 Å². The Morgan fingerprint density at radius 1 is 1.19 bits per heavy atom. The molecule has 1 saturated heterocycles. The Balaban J connectivity index is 1.36. The van der Waals surface area contributed by atoms with Crippen LogP contribution in [0.1, 0.15) is 54.9 Å². The molecule has 0 saturated carbocycles. The van der Waals surface area contributed by atoms with Crippen molar-refractivity contribution in [3.8, 4) is 0 Å². The number of hydrogen-bond acceptors (Lipinski definition) is 4. The highest BCUT2D eigenvalue weighted by atomic mass is 32.2. The van der Waals surface area contributed by atoms with Crippen LogP contribution in [0, 0.1) is 0 Å². The zero-order valence-electron chi connectivity index (χ0n) is 15.9. The molecule has 0 radical (unpaired) electrons. The third-order valence-electron chi connectivity index (χ3n) is 6.12. The summed E-state index contributed by atoms with van der Waals surface area (Å²) in [6.07, 6.45) is 12.4. The Hall–Kier alpha value is -1.39. The molecule has 1 atom stereocenters. The third kappa shape index (κ3) is 3.67. The number of rotatable bonds is 7. The number of nitrogens with zero attached hydrogens (tertiary/aromatic N) is 1. The first-order valence-electron chi connectivity index (χ1n) is 10.2. The van der Waals surface area contributed by atoms with Gasteiger partial charge in [-0.3, -0.25) is 4.90 Å². The van der Waals surface area contributed by atoms with Crippen molar-refractivity contribution in [2.24, 2.45) is 0 Å². The molecule has 0 amide bonds. The molecule has 26 heavy (non-hydrogen) atoms. The molecule has 4 heteroatoms. The molecule has 3 aliphatic rings. The van der Waals surface area contributed by atoms with Crippen LogP contribution >= 0.6 is 11.9 Å². The SMILES string of the molecule is C=C(NS/C=C/C1CCCN1CC)Nc1c2c(cc3c1CCC3)CCC2. The first-order chi connectivity index (χ1) is 12.8. The normalized spacial score (nSPS) is 22.0. The number of nitrogens with one attached hydrogen (secondary N) is 2. The average Bonchev–Trinajstić information content (AvgIpc) is 3.38. The molecule has 1 heterocycles. The van der Waals surface area contributed by atoms with E-state index in [0.29, 0.717) is 6.04 Å². The van der Waals surface area contributed by atoms with Crippen molar-refractivity contribution >= 4 is 17.6 Å². The summed E-state index contributed by atoms with van der Waals surface area (Å²) in [5.41, 5.74) is 7.57. The van der Waals surface area contributed by atoms with Gasteiger partial charge in [-0.05, 0) is 104 Å². The van der Waals surface area contributed by atoms with E-state index in [1.54, 1.807) is 34.2 Å². The number of aryl methyl sites for hydroxylation is 2. The largest absolute Gasteiger partial charge is 0.341 e. The quantitative estimate of drug-likeness (QED) is 0.676. The zero-order chi connectivity index (χ0) is 17.9. The van der Waals surface area contributed by atoms with Crippen molar-refractivity contribution in [1.82, 2.24) is 9.62 Å². The topological polar surface area (TPSA) is 27.3 Å². The predicted octanol–water partition coefficient (Wildman–Crippen LogP) is 4.78. The van der Waals surface area contributed by atoms with E-state index >= 15 is 0 Å². The fraction of sp³-hybridized carbons (Fsp3) is 0.545. The number of anilines is 1. The van der Waals surface area contributed by atoms with E-state index in [1.807, 2.05) is 0 Å². The van der Waals surface area contributed by atoms with Crippen LogP contribution in [0.25, 0.3) is 0 Å². The molecule has 3 nitrogen and oxygen atoms in total. The molecular formula is C22H31N3S. The molecular weight excluding hydrogens is 338 g/mol. The summed E-state index contributed by atoms with van der Waals surface area (Å²) in [4.78, 5) is 2.54. The molecule has 1 aliphatic heterocycles. The minimum Gasteiger partial charge on any atom is -0.341 e. The van der Waals surface area contributed by atoms with Gasteiger partial charge in [-0.25, -0.2) is 0 Å². The molecule has 4 rings (SSSR count). The molecule has 140 valence electrons. The smallest absolute Gasteiger partial charge is 0.106 e. The Labute approximate surface area is 162 Å². The Morgan fingerprint density at radius 2 is 1.92 bits per heavy atom. The van der Waals surface area contributed by atoms with Gasteiger partial charge in [0, 0.05) is 11.7 Å². The summed E-state index contributed by atoms with van der Waals surface area (Å²) < 4.78 is 3.38. The first-order valence-corrected chi connectivity index (χ1v) is 11.1. The fourth-order valence-electron chi connectivity index (χ4n) is 4.84. The maximum atomic E-state index is 4.21. The van der Waals surface area contributed by atoms with E-state index in [4.69, 9.17) is 0 Å². The average molecular weight is 370 g/mol. The second-order valence-electron chi connectivity index (χ2n) is 7.72. The van der Waals surface area contributed by atoms with Gasteiger partial charge in [0.1, 0.15) is 5.82 Å². The Morgan fingerprint density at radius 3 is 2.62 bits per heavy atom. The monoisotopic (exact) mass is 369 g/mol. The van der Waals surface area contributed by atoms with Gasteiger partial charge in [-0.1, -0.05) is 25.6 Å². The zero-order valence-corrected chi connectivity index (χ0v) is 16.8. The lowest BCUT2D eigenvalue weighted by Gasteiger charge is -2.19. The van der Waals surface area contributed by atoms with Gasteiger partial charge in [0.05, 0.1) is 0 Å². The summed E-state index contributed by atoms with van der Waals surface area (Å²) in [7, 11) is 0. The highest BCUT2D eigenvalue weighted by molar-refractivity contribution is 8.00. The van der Waals surface area contributed by atoms with Crippen LogP contribution in [0.15, 0.2) is 30.0 Å². The van der Waals surface area contributed by atoms with Crippen LogP contribution in [0.4, 0.5) is 5.69 Å². The van der Waals surface area contributed by atoms with Crippen LogP contribution in [-0.2, 0) is 25.7 Å². The van der Waals surface area contributed by atoms with Crippen molar-refractivity contribution in [1.29, 1.82) is 0 Å². The highest BCUT2D eigenvalue weighted by Crippen LogP contribution is 2.39. The van der Waals surface area contributed by atoms with E-state index in [1.165, 1.54) is 63.6 Å². The molecule has 0 aromatic heterocycles. The second kappa shape index (κ2) is 8.10. The lowest BCUT2D eigenvalue weighted by atomic mass is 9.99. The number of benzene rings is 1. The first kappa shape index (κ1) is 18.0. The maximum absolute atomic E-state index is 4.21. The van der Waals surface area contributed by atoms with Crippen LogP contribution in [0.2, 0.25) is 0 Å². The minimum absolute atomic E-state index is 0.608. The lowest BCUT2D eigenvalue weighted by Crippen LogP contribution is -2.27. The summed E-state index contributed by atoms with van der Waals surface area (Å²) in [6.45, 7) is 8.85. The van der Waals surface area contributed by atoms with Crippen molar-refractivity contribution in [2.75, 3.05) is 18.4 Å². The summed E-state index contributed by atoms with van der Waals surface area (Å²) in [6, 6.07) is 3.08. The van der Waals surface area contributed by atoms with Crippen LogP contribution in [0.3, 0.4) is 0 Å². The lowest BCUT2D eigenvalue weighted by molar-refractivity contribution is 0.306. The van der Waals surface area contributed by atoms with Crippen molar-refractivity contribution in [3.05, 3.63) is 52.2 Å². The van der Waals surface area contributed by atoms with Gasteiger partial charge in [-0.2, -0.15) is 0 Å². The highest BCUT2D eigenvalue weighted by Gasteiger charge is 2.24. The van der Waals surface area contributed by atoms with Crippen LogP contribution in [-0.4, -0.2) is 24.0 Å². The molecule has 1 aromatic carbocycles. The van der Waals surface area contributed by atoms with E-state index < -0.39 is 0 Å². The van der Waals surface area contributed by atoms with E-state index in [-0.39, 0.29) is 0 Å². The van der Waals surface area contributed by atoms with Crippen LogP contribution in [0.5, 0.6) is 0 Å². The molecule has 2 aliphatic carbocycles. The fourth-order valence-corrected chi connectivity index (χ4v) is 5.36. The molecule has 0 bridgehead atoms. The van der Waals surface area contributed by atoms with Gasteiger partial charge in [0.15, 0.2) is 0 Å². The third-order valence-corrected chi connectivity index (χ3v) is 6.78. The van der Waals surface area contributed by atoms with E-state index in [2.05, 4.69) is 46.0 Å². The minimum atomic E-state index is 0.608. The van der Waals surface area contributed by atoms with E-state index in [9.17, 15) is 0 Å². The molecule has 1 aromatic rings. The number of fused-ring (bicyclic) bond motifs is 2. The van der Waals surface area contributed by atoms with Crippen LogP contribution < -0.4 is 10.0 Å². The predicted molar refractivity (Wildman–Crippen MR) is 113 cm³/mol. The summed E-state index contributed by atoms with van der Waals surface area (Å²) >= 11 is 1.63.